The lowest BCUT2D eigenvalue weighted by Crippen LogP contribution is -2.33. The summed E-state index contributed by atoms with van der Waals surface area (Å²) in [6.45, 7) is 11.8. The van der Waals surface area contributed by atoms with Crippen molar-refractivity contribution in [3.8, 4) is 5.75 Å². The summed E-state index contributed by atoms with van der Waals surface area (Å²) in [6.07, 6.45) is 2.19. The zero-order valence-corrected chi connectivity index (χ0v) is 22.3. The molecule has 2 aromatic rings. The topological polar surface area (TPSA) is 105 Å². The second-order valence-electron chi connectivity index (χ2n) is 9.38. The number of rotatable bonds is 12. The number of benzene rings is 2. The van der Waals surface area contributed by atoms with Gasteiger partial charge in [-0.1, -0.05) is 64.1 Å². The first-order valence-corrected chi connectivity index (χ1v) is 13.6. The normalized spacial score (nSPS) is 12.9. The van der Waals surface area contributed by atoms with Crippen molar-refractivity contribution in [2.24, 2.45) is 5.92 Å². The fourth-order valence-electron chi connectivity index (χ4n) is 3.75. The Bertz CT molecular complexity index is 1200. The number of aryl methyl sites for hydroxylation is 1. The molecule has 0 saturated carbocycles. The minimum absolute atomic E-state index is 0.0193. The minimum Gasteiger partial charge on any atom is -0.493 e. The van der Waals surface area contributed by atoms with E-state index in [1.165, 1.54) is 17.2 Å². The van der Waals surface area contributed by atoms with Gasteiger partial charge in [0, 0.05) is 6.42 Å². The number of aliphatic hydroxyl groups excluding tert-OH is 1. The molecule has 190 valence electrons. The van der Waals surface area contributed by atoms with Crippen molar-refractivity contribution in [3.05, 3.63) is 64.7 Å². The maximum atomic E-state index is 13.1. The second-order valence-corrected chi connectivity index (χ2v) is 11.4. The van der Waals surface area contributed by atoms with Gasteiger partial charge in [-0.3, -0.25) is 4.79 Å². The number of ketones is 1. The zero-order chi connectivity index (χ0) is 26.3. The van der Waals surface area contributed by atoms with Gasteiger partial charge in [-0.2, -0.15) is 0 Å². The molecule has 6 nitrogen and oxygen atoms in total. The van der Waals surface area contributed by atoms with Gasteiger partial charge in [-0.15, -0.1) is 0 Å². The summed E-state index contributed by atoms with van der Waals surface area (Å²) in [4.78, 5) is 12.3. The predicted molar refractivity (Wildman–Crippen MR) is 141 cm³/mol. The van der Waals surface area contributed by atoms with Crippen LogP contribution in [0.2, 0.25) is 0 Å². The number of hydrogen-bond donors (Lipinski definition) is 2. The molecule has 2 aromatic carbocycles. The fraction of sp³-hybridized carbons (Fsp3) is 0.429. The highest BCUT2D eigenvalue weighted by Gasteiger charge is 2.24. The molecule has 2 N–H and O–H groups in total. The third-order valence-electron chi connectivity index (χ3n) is 5.77. The average molecular weight is 500 g/mol. The van der Waals surface area contributed by atoms with Gasteiger partial charge in [-0.05, 0) is 60.1 Å². The Hall–Kier alpha value is -2.77. The largest absolute Gasteiger partial charge is 0.493 e. The maximum absolute atomic E-state index is 13.1. The molecular formula is C28H37NO5S. The number of aliphatic hydroxyl groups is 1. The molecule has 0 unspecified atom stereocenters. The van der Waals surface area contributed by atoms with Crippen molar-refractivity contribution in [3.63, 3.8) is 0 Å². The molecule has 0 bridgehead atoms. The van der Waals surface area contributed by atoms with Gasteiger partial charge in [0.1, 0.15) is 16.7 Å². The van der Waals surface area contributed by atoms with Crippen LogP contribution in [0.3, 0.4) is 0 Å². The second kappa shape index (κ2) is 12.3. The summed E-state index contributed by atoms with van der Waals surface area (Å²) >= 11 is 0. The lowest BCUT2D eigenvalue weighted by atomic mass is 9.96. The Morgan fingerprint density at radius 2 is 1.80 bits per heavy atom. The standard InChI is InChI=1S/C28H37NO5S/c1-7-34-25-17-22(16-24(29)28(31)27(30)19(4)5)12-13-26(25)35(32,33)14-8-9-21-11-10-20(6)23(15-21)18(2)3/h8-13,15,17-19,27,29-30H,7,14,16H2,1-6H3/b9-8+,29-24?/t27-/m0/s1. The highest BCUT2D eigenvalue weighted by atomic mass is 32.2. The molecule has 0 aliphatic heterocycles. The van der Waals surface area contributed by atoms with E-state index in [2.05, 4.69) is 26.8 Å². The maximum Gasteiger partial charge on any atom is 0.205 e. The number of Topliss-reactive ketones (excluding diaryl/α,β-unsaturated/α-hetero) is 1. The van der Waals surface area contributed by atoms with Gasteiger partial charge in [0.2, 0.25) is 5.78 Å². The van der Waals surface area contributed by atoms with E-state index in [9.17, 15) is 18.3 Å². The monoisotopic (exact) mass is 499 g/mol. The predicted octanol–water partition coefficient (Wildman–Crippen LogP) is 5.15. The smallest absolute Gasteiger partial charge is 0.205 e. The van der Waals surface area contributed by atoms with Crippen molar-refractivity contribution in [1.82, 2.24) is 0 Å². The summed E-state index contributed by atoms with van der Waals surface area (Å²) in [6, 6.07) is 10.7. The van der Waals surface area contributed by atoms with E-state index in [0.29, 0.717) is 11.5 Å². The van der Waals surface area contributed by atoms with E-state index in [4.69, 9.17) is 10.1 Å². The van der Waals surface area contributed by atoms with Gasteiger partial charge < -0.3 is 15.3 Å². The van der Waals surface area contributed by atoms with Crippen LogP contribution in [0.15, 0.2) is 47.4 Å². The van der Waals surface area contributed by atoms with E-state index in [0.717, 1.165) is 5.56 Å². The zero-order valence-electron chi connectivity index (χ0n) is 21.5. The van der Waals surface area contributed by atoms with Crippen LogP contribution in [0.4, 0.5) is 0 Å². The number of nitrogens with one attached hydrogen (secondary N) is 1. The Morgan fingerprint density at radius 3 is 2.40 bits per heavy atom. The molecule has 0 aliphatic rings. The Kier molecular flexibility index (Phi) is 9.98. The SMILES string of the molecule is CCOc1cc(CC(=N)C(=O)[C@@H](O)C(C)C)ccc1S(=O)(=O)C/C=C/c1ccc(C)c(C(C)C)c1. The molecule has 35 heavy (non-hydrogen) atoms. The number of ether oxygens (including phenoxy) is 1. The lowest BCUT2D eigenvalue weighted by molar-refractivity contribution is -0.122. The quantitative estimate of drug-likeness (QED) is 0.393. The van der Waals surface area contributed by atoms with Crippen LogP contribution in [0.25, 0.3) is 6.08 Å². The van der Waals surface area contributed by atoms with E-state index in [-0.39, 0.29) is 41.1 Å². The van der Waals surface area contributed by atoms with Crippen molar-refractivity contribution in [2.75, 3.05) is 12.4 Å². The Morgan fingerprint density at radius 1 is 1.11 bits per heavy atom. The van der Waals surface area contributed by atoms with Crippen LogP contribution >= 0.6 is 0 Å². The van der Waals surface area contributed by atoms with Crippen LogP contribution in [-0.2, 0) is 21.1 Å². The fourth-order valence-corrected chi connectivity index (χ4v) is 4.97. The first kappa shape index (κ1) is 28.5. The molecule has 0 fully saturated rings. The van der Waals surface area contributed by atoms with Crippen molar-refractivity contribution in [2.45, 2.75) is 64.9 Å². The number of carbonyl (C=O) groups is 1. The molecule has 0 saturated heterocycles. The average Bonchev–Trinajstić information content (AvgIpc) is 2.79. The van der Waals surface area contributed by atoms with E-state index in [1.807, 2.05) is 18.2 Å². The van der Waals surface area contributed by atoms with Gasteiger partial charge in [0.05, 0.1) is 18.1 Å². The number of hydrogen-bond acceptors (Lipinski definition) is 6. The third kappa shape index (κ3) is 7.61. The molecule has 0 heterocycles. The highest BCUT2D eigenvalue weighted by molar-refractivity contribution is 7.91. The van der Waals surface area contributed by atoms with Crippen molar-refractivity contribution in [1.29, 1.82) is 5.41 Å². The van der Waals surface area contributed by atoms with Gasteiger partial charge in [-0.25, -0.2) is 8.42 Å². The summed E-state index contributed by atoms with van der Waals surface area (Å²) in [5.41, 5.74) is 3.72. The van der Waals surface area contributed by atoms with E-state index in [1.54, 1.807) is 39.0 Å². The first-order chi connectivity index (χ1) is 16.4. The lowest BCUT2D eigenvalue weighted by Gasteiger charge is -2.15. The van der Waals surface area contributed by atoms with Crippen LogP contribution < -0.4 is 4.74 Å². The van der Waals surface area contributed by atoms with Crippen LogP contribution in [0, 0.1) is 18.3 Å². The number of sulfone groups is 1. The molecule has 0 aliphatic carbocycles. The Labute approximate surface area is 209 Å². The molecule has 2 rings (SSSR count). The summed E-state index contributed by atoms with van der Waals surface area (Å²) in [5, 5.41) is 18.0. The molecule has 0 aromatic heterocycles. The molecule has 0 radical (unpaired) electrons. The Balaban J connectivity index is 2.24. The summed E-state index contributed by atoms with van der Waals surface area (Å²) < 4.78 is 31.8. The minimum atomic E-state index is -3.68. The molecule has 1 atom stereocenters. The highest BCUT2D eigenvalue weighted by Crippen LogP contribution is 2.28. The number of carbonyl (C=O) groups excluding carboxylic acids is 1. The molecule has 0 spiro atoms. The third-order valence-corrected chi connectivity index (χ3v) is 7.41. The van der Waals surface area contributed by atoms with Gasteiger partial charge in [0.15, 0.2) is 9.84 Å². The van der Waals surface area contributed by atoms with E-state index >= 15 is 0 Å². The van der Waals surface area contributed by atoms with Crippen LogP contribution in [0.5, 0.6) is 5.75 Å². The molecular weight excluding hydrogens is 462 g/mol. The summed E-state index contributed by atoms with van der Waals surface area (Å²) in [7, 11) is -3.68. The van der Waals surface area contributed by atoms with Gasteiger partial charge >= 0.3 is 0 Å². The van der Waals surface area contributed by atoms with E-state index < -0.39 is 21.7 Å². The van der Waals surface area contributed by atoms with Gasteiger partial charge in [0.25, 0.3) is 0 Å². The van der Waals surface area contributed by atoms with Crippen molar-refractivity contribution < 1.29 is 23.1 Å². The molecule has 0 amide bonds. The molecule has 7 heteroatoms. The summed E-state index contributed by atoms with van der Waals surface area (Å²) in [5.74, 6) is -0.535. The van der Waals surface area contributed by atoms with Crippen LogP contribution in [-0.4, -0.2) is 43.5 Å². The first-order valence-electron chi connectivity index (χ1n) is 11.9. The van der Waals surface area contributed by atoms with Crippen LogP contribution in [0.1, 0.15) is 62.8 Å². The van der Waals surface area contributed by atoms with Crippen molar-refractivity contribution >= 4 is 27.4 Å².